The van der Waals surface area contributed by atoms with Gasteiger partial charge in [0.25, 0.3) is 5.91 Å². The highest BCUT2D eigenvalue weighted by Crippen LogP contribution is 2.28. The minimum absolute atomic E-state index is 0.0245. The zero-order valence-electron chi connectivity index (χ0n) is 31.1. The normalized spacial score (nSPS) is 11.9. The van der Waals surface area contributed by atoms with Crippen LogP contribution in [0.5, 0.6) is 0 Å². The van der Waals surface area contributed by atoms with Crippen molar-refractivity contribution in [1.82, 2.24) is 25.2 Å². The molecule has 5 rings (SSSR count). The molecule has 0 bridgehead atoms. The minimum Gasteiger partial charge on any atom is -0.384 e. The summed E-state index contributed by atoms with van der Waals surface area (Å²) in [4.78, 5) is 24.3. The number of carbonyl (C=O) groups excluding carboxylic acids is 1. The summed E-state index contributed by atoms with van der Waals surface area (Å²) in [6.45, 7) is 16.9. The maximum Gasteiger partial charge on any atom is 0.251 e. The fourth-order valence-electron chi connectivity index (χ4n) is 6.09. The summed E-state index contributed by atoms with van der Waals surface area (Å²) < 4.78 is 2.09. The van der Waals surface area contributed by atoms with Crippen molar-refractivity contribution < 1.29 is 4.79 Å². The van der Waals surface area contributed by atoms with Crippen LogP contribution in [0.2, 0.25) is 0 Å². The number of nitrogens with one attached hydrogen (secondary N) is 4. The second-order valence-electron chi connectivity index (χ2n) is 14.1. The number of fused-ring (bicyclic) bond motifs is 1. The number of benzene rings is 3. The van der Waals surface area contributed by atoms with E-state index in [0.717, 1.165) is 63.7 Å². The third-order valence-corrected chi connectivity index (χ3v) is 9.71. The molecule has 6 N–H and O–H groups in total. The third kappa shape index (κ3) is 10.5. The van der Waals surface area contributed by atoms with Gasteiger partial charge in [0.15, 0.2) is 0 Å². The highest BCUT2D eigenvalue weighted by molar-refractivity contribution is 7.81. The van der Waals surface area contributed by atoms with Crippen LogP contribution in [0.1, 0.15) is 66.0 Å². The van der Waals surface area contributed by atoms with Crippen LogP contribution in [-0.2, 0) is 13.6 Å². The maximum absolute atomic E-state index is 12.5. The standard InChI is InChI=1S/C42H51N9OS/c1-28-10-12-32(13-11-28)41(52)47-26-35(53)20-22-42(4,5)49-29(2)21-24-51(38-9-7-8-23-45-38)30(3)33-16-19-37-36(25-33)48-39(50(37)6)27-46-34-17-14-31(15-18-34)40(43)44/h7-19,23,25,35,46,49,53H,2-3,20-22,24,26-27H2,1,4-6H3,(H3,43,44)(H,47,52). The first-order chi connectivity index (χ1) is 25.3. The van der Waals surface area contributed by atoms with E-state index < -0.39 is 0 Å². The van der Waals surface area contributed by atoms with E-state index in [1.807, 2.05) is 80.7 Å². The molecule has 0 aliphatic carbocycles. The van der Waals surface area contributed by atoms with Gasteiger partial charge >= 0.3 is 0 Å². The van der Waals surface area contributed by atoms with Gasteiger partial charge in [0.05, 0.1) is 17.6 Å². The first-order valence-electron chi connectivity index (χ1n) is 17.8. The summed E-state index contributed by atoms with van der Waals surface area (Å²) in [5.74, 6) is 1.66. The molecule has 0 spiro atoms. The van der Waals surface area contributed by atoms with Crippen LogP contribution in [0, 0.1) is 12.3 Å². The number of nitrogens with two attached hydrogens (primary N) is 1. The summed E-state index contributed by atoms with van der Waals surface area (Å²) in [5, 5.41) is 17.7. The second-order valence-corrected chi connectivity index (χ2v) is 14.8. The molecule has 0 aliphatic rings. The predicted molar refractivity (Wildman–Crippen MR) is 223 cm³/mol. The van der Waals surface area contributed by atoms with E-state index >= 15 is 0 Å². The number of hydrogen-bond acceptors (Lipinski definition) is 8. The predicted octanol–water partition coefficient (Wildman–Crippen LogP) is 7.43. The summed E-state index contributed by atoms with van der Waals surface area (Å²) >= 11 is 4.76. The highest BCUT2D eigenvalue weighted by Gasteiger charge is 2.21. The van der Waals surface area contributed by atoms with Crippen molar-refractivity contribution in [2.24, 2.45) is 12.8 Å². The number of nitrogen functional groups attached to an aromatic ring is 1. The lowest BCUT2D eigenvalue weighted by atomic mass is 9.96. The number of pyridine rings is 1. The molecular formula is C42H51N9OS. The SMILES string of the molecule is C=C(CCN(C(=C)c1ccc2c(c1)nc(CNc1ccc(C(=N)N)cc1)n2C)c1ccccn1)NC(C)(C)CCC(S)CNC(=O)c1ccc(C)cc1. The van der Waals surface area contributed by atoms with E-state index in [1.165, 1.54) is 0 Å². The number of carbonyl (C=O) groups is 1. The minimum atomic E-state index is -0.222. The van der Waals surface area contributed by atoms with Gasteiger partial charge < -0.3 is 31.2 Å². The molecular weight excluding hydrogens is 679 g/mol. The molecule has 0 fully saturated rings. The number of thiol groups is 1. The van der Waals surface area contributed by atoms with Gasteiger partial charge in [-0.3, -0.25) is 10.2 Å². The van der Waals surface area contributed by atoms with Gasteiger partial charge in [-0.15, -0.1) is 0 Å². The molecule has 0 saturated heterocycles. The Kier molecular flexibility index (Phi) is 12.6. The Morgan fingerprint density at radius 2 is 1.72 bits per heavy atom. The average molecular weight is 730 g/mol. The van der Waals surface area contributed by atoms with Gasteiger partial charge in [-0.05, 0) is 99.8 Å². The van der Waals surface area contributed by atoms with Gasteiger partial charge in [0, 0.05) is 71.8 Å². The fourth-order valence-corrected chi connectivity index (χ4v) is 6.31. The topological polar surface area (TPSA) is 137 Å². The van der Waals surface area contributed by atoms with Crippen LogP contribution in [0.25, 0.3) is 16.7 Å². The van der Waals surface area contributed by atoms with Gasteiger partial charge in [-0.1, -0.05) is 43.0 Å². The summed E-state index contributed by atoms with van der Waals surface area (Å²) in [6, 6.07) is 27.1. The van der Waals surface area contributed by atoms with Crippen LogP contribution < -0.4 is 26.6 Å². The smallest absolute Gasteiger partial charge is 0.251 e. The van der Waals surface area contributed by atoms with E-state index in [4.69, 9.17) is 28.8 Å². The Labute approximate surface area is 318 Å². The van der Waals surface area contributed by atoms with Crippen LogP contribution in [0.15, 0.2) is 110 Å². The molecule has 1 amide bonds. The van der Waals surface area contributed by atoms with Crippen molar-refractivity contribution in [3.8, 4) is 0 Å². The van der Waals surface area contributed by atoms with Crippen molar-refractivity contribution in [3.05, 3.63) is 138 Å². The number of hydrogen-bond donors (Lipinski definition) is 6. The van der Waals surface area contributed by atoms with Crippen molar-refractivity contribution in [3.63, 3.8) is 0 Å². The monoisotopic (exact) mass is 729 g/mol. The zero-order valence-corrected chi connectivity index (χ0v) is 32.0. The number of nitrogens with zero attached hydrogens (tertiary/aromatic N) is 4. The zero-order chi connectivity index (χ0) is 38.1. The number of imidazole rings is 1. The lowest BCUT2D eigenvalue weighted by Gasteiger charge is -2.31. The Bertz CT molecular complexity index is 2050. The van der Waals surface area contributed by atoms with E-state index in [9.17, 15) is 4.79 Å². The lowest BCUT2D eigenvalue weighted by Crippen LogP contribution is -2.40. The van der Waals surface area contributed by atoms with Gasteiger partial charge in [-0.2, -0.15) is 12.6 Å². The van der Waals surface area contributed by atoms with Crippen LogP contribution in [-0.4, -0.2) is 50.2 Å². The van der Waals surface area contributed by atoms with Crippen LogP contribution >= 0.6 is 12.6 Å². The molecule has 2 aromatic heterocycles. The van der Waals surface area contributed by atoms with E-state index in [0.29, 0.717) is 37.2 Å². The molecule has 0 radical (unpaired) electrons. The first-order valence-corrected chi connectivity index (χ1v) is 18.3. The molecule has 11 heteroatoms. The third-order valence-electron chi connectivity index (χ3n) is 9.27. The molecule has 0 aliphatic heterocycles. The number of rotatable bonds is 18. The quantitative estimate of drug-likeness (QED) is 0.0314. The van der Waals surface area contributed by atoms with Crippen LogP contribution in [0.4, 0.5) is 11.5 Å². The van der Waals surface area contributed by atoms with E-state index in [2.05, 4.69) is 75.6 Å². The molecule has 10 nitrogen and oxygen atoms in total. The maximum atomic E-state index is 12.5. The fraction of sp³-hybridized carbons (Fsp3) is 0.286. The average Bonchev–Trinajstić information content (AvgIpc) is 3.46. The lowest BCUT2D eigenvalue weighted by molar-refractivity contribution is 0.0953. The number of amides is 1. The first kappa shape index (κ1) is 38.7. The van der Waals surface area contributed by atoms with Crippen molar-refractivity contribution >= 4 is 52.6 Å². The molecule has 276 valence electrons. The van der Waals surface area contributed by atoms with Crippen molar-refractivity contribution in [1.29, 1.82) is 5.41 Å². The summed E-state index contributed by atoms with van der Waals surface area (Å²) in [5.41, 5.74) is 13.3. The molecule has 2 heterocycles. The van der Waals surface area contributed by atoms with Crippen molar-refractivity contribution in [2.45, 2.75) is 57.4 Å². The molecule has 1 unspecified atom stereocenters. The largest absolute Gasteiger partial charge is 0.384 e. The molecule has 53 heavy (non-hydrogen) atoms. The molecule has 3 aromatic carbocycles. The summed E-state index contributed by atoms with van der Waals surface area (Å²) in [7, 11) is 2.01. The Morgan fingerprint density at radius 1 is 1.02 bits per heavy atom. The van der Waals surface area contributed by atoms with Gasteiger partial charge in [0.1, 0.15) is 17.5 Å². The Hall–Kier alpha value is -5.55. The van der Waals surface area contributed by atoms with Gasteiger partial charge in [-0.25, -0.2) is 9.97 Å². The molecule has 5 aromatic rings. The molecule has 1 atom stereocenters. The summed E-state index contributed by atoms with van der Waals surface area (Å²) in [6.07, 6.45) is 4.14. The highest BCUT2D eigenvalue weighted by atomic mass is 32.1. The van der Waals surface area contributed by atoms with E-state index in [1.54, 1.807) is 6.20 Å². The molecule has 0 saturated carbocycles. The Balaban J connectivity index is 1.18. The number of aromatic nitrogens is 3. The number of aryl methyl sites for hydroxylation is 2. The van der Waals surface area contributed by atoms with Crippen LogP contribution in [0.3, 0.4) is 0 Å². The number of amidine groups is 1. The van der Waals surface area contributed by atoms with Gasteiger partial charge in [0.2, 0.25) is 0 Å². The number of anilines is 2. The Morgan fingerprint density at radius 3 is 2.40 bits per heavy atom. The second kappa shape index (κ2) is 17.3. The van der Waals surface area contributed by atoms with E-state index in [-0.39, 0.29) is 22.5 Å². The van der Waals surface area contributed by atoms with Crippen molar-refractivity contribution in [2.75, 3.05) is 23.3 Å².